The third-order valence-corrected chi connectivity index (χ3v) is 4.88. The Morgan fingerprint density at radius 1 is 0.288 bits per heavy atom. The van der Waals surface area contributed by atoms with Crippen molar-refractivity contribution >= 4 is 0 Å². The Morgan fingerprint density at radius 3 is 0.833 bits per heavy atom. The molecule has 11 heteroatoms. The molecule has 0 saturated heterocycles. The van der Waals surface area contributed by atoms with Crippen molar-refractivity contribution in [3.8, 4) is 0 Å². The summed E-state index contributed by atoms with van der Waals surface area (Å²) in [6, 6.07) is 7.49. The number of nitrogens with zero attached hydrogens (tertiary/aromatic N) is 11. The molecule has 0 N–H and O–H groups in total. The second kappa shape index (κ2) is 52.9. The van der Waals surface area contributed by atoms with Gasteiger partial charge in [-0.1, -0.05) is 186 Å². The van der Waals surface area contributed by atoms with E-state index < -0.39 is 0 Å². The smallest absolute Gasteiger partial charge is 0.153 e. The predicted octanol–water partition coefficient (Wildman–Crippen LogP) is 16.2. The monoisotopic (exact) mass is 918 g/mol. The molecule has 0 saturated carbocycles. The highest BCUT2D eigenvalue weighted by Gasteiger charge is 2.07. The molecule has 5 rings (SSSR count). The zero-order valence-electron chi connectivity index (χ0n) is 47.4. The zero-order chi connectivity index (χ0) is 52.5. The molecular weight excluding hydrogens is 815 g/mol. The van der Waals surface area contributed by atoms with Crippen molar-refractivity contribution in [2.24, 2.45) is 35.5 Å². The third-order valence-electron chi connectivity index (χ3n) is 4.88. The van der Waals surface area contributed by atoms with Gasteiger partial charge in [0, 0.05) is 67.3 Å². The molecule has 0 spiro atoms. The van der Waals surface area contributed by atoms with Gasteiger partial charge in [0.25, 0.3) is 0 Å². The van der Waals surface area contributed by atoms with Crippen molar-refractivity contribution in [3.63, 3.8) is 0 Å². The van der Waals surface area contributed by atoms with E-state index in [0.717, 1.165) is 58.7 Å². The largest absolute Gasteiger partial charge is 0.265 e. The van der Waals surface area contributed by atoms with Crippen molar-refractivity contribution in [2.75, 3.05) is 0 Å². The molecule has 66 heavy (non-hydrogen) atoms. The zero-order valence-corrected chi connectivity index (χ0v) is 47.4. The molecule has 5 aromatic rings. The Bertz CT molecular complexity index is 1350. The minimum Gasteiger partial charge on any atom is -0.265 e. The maximum atomic E-state index is 4.35. The van der Waals surface area contributed by atoms with Gasteiger partial charge in [-0.15, -0.1) is 5.10 Å². The van der Waals surface area contributed by atoms with Crippen LogP contribution in [0.25, 0.3) is 0 Å². The first-order valence-corrected chi connectivity index (χ1v) is 24.2. The van der Waals surface area contributed by atoms with Gasteiger partial charge in [-0.2, -0.15) is 5.10 Å². The highest BCUT2D eigenvalue weighted by atomic mass is 15.1. The van der Waals surface area contributed by atoms with Crippen LogP contribution >= 0.6 is 0 Å². The molecule has 11 nitrogen and oxygen atoms in total. The van der Waals surface area contributed by atoms with Gasteiger partial charge in [-0.3, -0.25) is 15.0 Å². The fraction of sp³-hybridized carbons (Fsp3) is 0.655. The molecule has 0 amide bonds. The summed E-state index contributed by atoms with van der Waals surface area (Å²) in [4.78, 5) is 35.7. The Balaban J connectivity index is -0.000000154. The van der Waals surface area contributed by atoms with Gasteiger partial charge >= 0.3 is 0 Å². The summed E-state index contributed by atoms with van der Waals surface area (Å²) in [5.41, 5.74) is 1.05. The van der Waals surface area contributed by atoms with Crippen LogP contribution in [0.3, 0.4) is 0 Å². The quantitative estimate of drug-likeness (QED) is 0.170. The maximum Gasteiger partial charge on any atom is 0.153 e. The van der Waals surface area contributed by atoms with Crippen LogP contribution in [0.2, 0.25) is 0 Å². The second-order valence-electron chi connectivity index (χ2n) is 20.3. The summed E-state index contributed by atoms with van der Waals surface area (Å²) in [5, 5.41) is 7.51. The van der Waals surface area contributed by atoms with Crippen LogP contribution < -0.4 is 0 Å². The van der Waals surface area contributed by atoms with Crippen molar-refractivity contribution in [1.82, 2.24) is 55.1 Å². The Hall–Kier alpha value is -4.67. The molecule has 5 heterocycles. The topological polar surface area (TPSA) is 142 Å². The van der Waals surface area contributed by atoms with Crippen LogP contribution in [0.5, 0.6) is 0 Å². The number of hydrogen-bond acceptors (Lipinski definition) is 11. The lowest BCUT2D eigenvalue weighted by molar-refractivity contribution is 0.693. The summed E-state index contributed by atoms with van der Waals surface area (Å²) in [6.07, 6.45) is 18.4. The van der Waals surface area contributed by atoms with Crippen molar-refractivity contribution in [3.05, 3.63) is 116 Å². The number of rotatable bonds is 4. The third kappa shape index (κ3) is 83.0. The van der Waals surface area contributed by atoms with Crippen molar-refractivity contribution in [2.45, 2.75) is 204 Å². The average Bonchev–Trinajstić information content (AvgIpc) is 3.22. The molecule has 0 aromatic carbocycles. The second-order valence-corrected chi connectivity index (χ2v) is 20.3. The predicted molar refractivity (Wildman–Crippen MR) is 287 cm³/mol. The molecule has 0 aliphatic carbocycles. The first-order valence-electron chi connectivity index (χ1n) is 24.2. The molecule has 0 bridgehead atoms. The van der Waals surface area contributed by atoms with E-state index in [0.29, 0.717) is 23.7 Å². The standard InChI is InChI=1S/C9H15N3.C7H10N2.C6H9N3.C5H5N.C4H4N2.6C4H10/c1-6(2)8-10-5-11-9(12-8)7(3)4;1-6(2)7-5-8-3-4-9-7;1-5(2)6-7-3-4-8-9-6;1-2-4-6-5-3-1;1-2-5-4-6-3-1;6*1-4(2)3/h5-7H,1-4H3;3-6H,1-2H3;3-5H,1-2H3;1-5H;1-4H;6*4H,1-3H3. The Morgan fingerprint density at radius 2 is 0.652 bits per heavy atom. The molecule has 0 radical (unpaired) electrons. The van der Waals surface area contributed by atoms with Gasteiger partial charge < -0.3 is 0 Å². The van der Waals surface area contributed by atoms with E-state index in [4.69, 9.17) is 0 Å². The summed E-state index contributed by atoms with van der Waals surface area (Å²) in [5.74, 6) is 9.19. The summed E-state index contributed by atoms with van der Waals surface area (Å²) >= 11 is 0. The van der Waals surface area contributed by atoms with Crippen molar-refractivity contribution < 1.29 is 0 Å². The number of pyridine rings is 1. The minimum atomic E-state index is 0.374. The van der Waals surface area contributed by atoms with E-state index in [2.05, 4.69) is 221 Å². The molecule has 0 atom stereocenters. The molecule has 0 aliphatic heterocycles. The van der Waals surface area contributed by atoms with Crippen LogP contribution in [0.1, 0.15) is 227 Å². The highest BCUT2D eigenvalue weighted by Crippen LogP contribution is 2.12. The van der Waals surface area contributed by atoms with E-state index in [-0.39, 0.29) is 0 Å². The van der Waals surface area contributed by atoms with Gasteiger partial charge in [-0.25, -0.2) is 29.9 Å². The SMILES string of the molecule is CC(C)C.CC(C)C.CC(C)C.CC(C)C.CC(C)C.CC(C)C.CC(C)c1cnccn1.CC(C)c1nccnn1.CC(C)c1ncnc(C(C)C)n1.c1ccncc1.c1cncnc1. The lowest BCUT2D eigenvalue weighted by Crippen LogP contribution is -2.04. The first-order chi connectivity index (χ1) is 30.6. The average molecular weight is 919 g/mol. The number of hydrogen-bond donors (Lipinski definition) is 0. The van der Waals surface area contributed by atoms with E-state index in [1.54, 1.807) is 68.2 Å². The molecule has 0 fully saturated rings. The molecule has 378 valence electrons. The van der Waals surface area contributed by atoms with Gasteiger partial charge in [0.15, 0.2) is 5.82 Å². The Kier molecular flexibility index (Phi) is 58.5. The summed E-state index contributed by atoms with van der Waals surface area (Å²) in [6.45, 7) is 55.6. The highest BCUT2D eigenvalue weighted by molar-refractivity contribution is 4.99. The summed E-state index contributed by atoms with van der Waals surface area (Å²) < 4.78 is 0. The molecule has 0 aliphatic rings. The van der Waals surface area contributed by atoms with Gasteiger partial charge in [0.05, 0.1) is 11.9 Å². The first kappa shape index (κ1) is 72.9. The van der Waals surface area contributed by atoms with Crippen molar-refractivity contribution in [1.29, 1.82) is 0 Å². The normalized spacial score (nSPS) is 9.52. The maximum absolute atomic E-state index is 4.35. The number of aromatic nitrogens is 11. The lowest BCUT2D eigenvalue weighted by atomic mass is 10.1. The fourth-order valence-corrected chi connectivity index (χ4v) is 2.58. The van der Waals surface area contributed by atoms with E-state index in [1.165, 1.54) is 6.33 Å². The molecular formula is C55H103N11. The van der Waals surface area contributed by atoms with Gasteiger partial charge in [0.1, 0.15) is 24.3 Å². The summed E-state index contributed by atoms with van der Waals surface area (Å²) in [7, 11) is 0. The fourth-order valence-electron chi connectivity index (χ4n) is 2.58. The van der Waals surface area contributed by atoms with Crippen LogP contribution in [0.15, 0.2) is 92.7 Å². The van der Waals surface area contributed by atoms with Crippen LogP contribution in [-0.4, -0.2) is 55.1 Å². The van der Waals surface area contributed by atoms with Gasteiger partial charge in [0.2, 0.25) is 0 Å². The molecule has 0 unspecified atom stereocenters. The Labute approximate surface area is 408 Å². The molecule has 5 aromatic heterocycles. The minimum absolute atomic E-state index is 0.374. The van der Waals surface area contributed by atoms with E-state index in [1.807, 2.05) is 32.0 Å². The lowest BCUT2D eigenvalue weighted by Gasteiger charge is -2.06. The van der Waals surface area contributed by atoms with E-state index >= 15 is 0 Å². The van der Waals surface area contributed by atoms with Crippen LogP contribution in [-0.2, 0) is 0 Å². The van der Waals surface area contributed by atoms with Gasteiger partial charge in [-0.05, 0) is 59.6 Å². The van der Waals surface area contributed by atoms with Crippen LogP contribution in [0.4, 0.5) is 0 Å². The van der Waals surface area contributed by atoms with Crippen LogP contribution in [0, 0.1) is 35.5 Å². The van der Waals surface area contributed by atoms with E-state index in [9.17, 15) is 0 Å².